The molecule has 0 saturated heterocycles. The quantitative estimate of drug-likeness (QED) is 0.635. The molecule has 0 fully saturated rings. The summed E-state index contributed by atoms with van der Waals surface area (Å²) in [6.07, 6.45) is 1.62. The number of carbonyl (C=O) groups is 1. The number of carbonyl (C=O) groups excluding carboxylic acids is 1. The summed E-state index contributed by atoms with van der Waals surface area (Å²) in [6, 6.07) is 0. The van der Waals surface area contributed by atoms with Crippen molar-refractivity contribution in [2.24, 2.45) is 5.92 Å². The van der Waals surface area contributed by atoms with Gasteiger partial charge in [-0.05, 0) is 13.3 Å². The lowest BCUT2D eigenvalue weighted by Crippen LogP contribution is -2.12. The van der Waals surface area contributed by atoms with E-state index in [1.54, 1.807) is 6.92 Å². The molecule has 0 N–H and O–H groups in total. The minimum absolute atomic E-state index is 0.0497. The van der Waals surface area contributed by atoms with Gasteiger partial charge in [-0.25, -0.2) is 8.42 Å². The number of Topliss-reactive ketones (excluding diaryl/α,β-unsaturated/α-hetero) is 1. The van der Waals surface area contributed by atoms with Gasteiger partial charge in [-0.15, -0.1) is 0 Å². The van der Waals surface area contributed by atoms with E-state index < -0.39 is 9.84 Å². The van der Waals surface area contributed by atoms with Crippen molar-refractivity contribution < 1.29 is 13.2 Å². The van der Waals surface area contributed by atoms with E-state index in [0.717, 1.165) is 0 Å². The number of sulfone groups is 1. The molecule has 66 valence electrons. The van der Waals surface area contributed by atoms with Gasteiger partial charge >= 0.3 is 0 Å². The molecule has 0 rings (SSSR count). The largest absolute Gasteiger partial charge is 0.300 e. The zero-order chi connectivity index (χ0) is 9.07. The van der Waals surface area contributed by atoms with Gasteiger partial charge in [0.15, 0.2) is 0 Å². The molecule has 0 amide bonds. The van der Waals surface area contributed by atoms with Gasteiger partial charge in [0.25, 0.3) is 0 Å². The normalized spacial score (nSPS) is 14.5. The predicted molar refractivity (Wildman–Crippen MR) is 44.2 cm³/mol. The second-order valence-corrected chi connectivity index (χ2v) is 5.19. The van der Waals surface area contributed by atoms with Crippen molar-refractivity contribution in [3.63, 3.8) is 0 Å². The van der Waals surface area contributed by atoms with Crippen LogP contribution in [0.25, 0.3) is 0 Å². The van der Waals surface area contributed by atoms with Crippen LogP contribution in [0.1, 0.15) is 20.3 Å². The third-order valence-electron chi connectivity index (χ3n) is 1.62. The first-order valence-electron chi connectivity index (χ1n) is 3.51. The van der Waals surface area contributed by atoms with Gasteiger partial charge in [-0.3, -0.25) is 4.79 Å². The summed E-state index contributed by atoms with van der Waals surface area (Å²) in [5.74, 6) is 0.0201. The first kappa shape index (κ1) is 10.6. The Morgan fingerprint density at radius 3 is 2.18 bits per heavy atom. The Hall–Kier alpha value is -0.380. The average molecular weight is 178 g/mol. The first-order valence-corrected chi connectivity index (χ1v) is 5.57. The number of hydrogen-bond acceptors (Lipinski definition) is 3. The molecule has 0 aliphatic heterocycles. The summed E-state index contributed by atoms with van der Waals surface area (Å²) < 4.78 is 21.3. The van der Waals surface area contributed by atoms with Crippen LogP contribution in [0.5, 0.6) is 0 Å². The fourth-order valence-electron chi connectivity index (χ4n) is 0.594. The smallest absolute Gasteiger partial charge is 0.147 e. The number of ketones is 1. The highest BCUT2D eigenvalue weighted by Gasteiger charge is 2.10. The summed E-state index contributed by atoms with van der Waals surface area (Å²) in [4.78, 5) is 10.7. The zero-order valence-corrected chi connectivity index (χ0v) is 7.94. The highest BCUT2D eigenvalue weighted by molar-refractivity contribution is 7.90. The zero-order valence-electron chi connectivity index (χ0n) is 7.12. The van der Waals surface area contributed by atoms with Crippen LogP contribution < -0.4 is 0 Å². The van der Waals surface area contributed by atoms with E-state index in [2.05, 4.69) is 0 Å². The molecule has 0 saturated carbocycles. The van der Waals surface area contributed by atoms with E-state index in [9.17, 15) is 13.2 Å². The second-order valence-electron chi connectivity index (χ2n) is 2.93. The Labute approximate surface area is 67.7 Å². The first-order chi connectivity index (χ1) is 4.83. The molecule has 4 heteroatoms. The Morgan fingerprint density at radius 2 is 1.91 bits per heavy atom. The fraction of sp³-hybridized carbons (Fsp3) is 0.857. The summed E-state index contributed by atoms with van der Waals surface area (Å²) in [5.41, 5.74) is 0. The van der Waals surface area contributed by atoms with Gasteiger partial charge in [-0.1, -0.05) is 6.92 Å². The molecule has 0 aliphatic rings. The van der Waals surface area contributed by atoms with Crippen molar-refractivity contribution in [1.29, 1.82) is 0 Å². The van der Waals surface area contributed by atoms with Crippen LogP contribution in [0.2, 0.25) is 0 Å². The fourth-order valence-corrected chi connectivity index (χ4v) is 1.38. The highest BCUT2D eigenvalue weighted by atomic mass is 32.2. The summed E-state index contributed by atoms with van der Waals surface area (Å²) >= 11 is 0. The van der Waals surface area contributed by atoms with E-state index in [4.69, 9.17) is 0 Å². The van der Waals surface area contributed by atoms with Gasteiger partial charge < -0.3 is 0 Å². The maximum atomic E-state index is 10.7. The maximum absolute atomic E-state index is 10.7. The van der Waals surface area contributed by atoms with E-state index in [1.165, 1.54) is 13.2 Å². The molecule has 0 radical (unpaired) electrons. The Balaban J connectivity index is 3.82. The maximum Gasteiger partial charge on any atom is 0.147 e. The molecule has 0 bridgehead atoms. The molecule has 0 spiro atoms. The molecule has 0 unspecified atom stereocenters. The Morgan fingerprint density at radius 1 is 1.45 bits per heavy atom. The van der Waals surface area contributed by atoms with Crippen molar-refractivity contribution in [2.75, 3.05) is 12.0 Å². The van der Waals surface area contributed by atoms with E-state index in [-0.39, 0.29) is 17.5 Å². The number of hydrogen-bond donors (Lipinski definition) is 0. The lowest BCUT2D eigenvalue weighted by atomic mass is 10.1. The monoisotopic (exact) mass is 178 g/mol. The molecule has 1 atom stereocenters. The molecule has 11 heavy (non-hydrogen) atoms. The molecule has 0 aliphatic carbocycles. The molecule has 0 aromatic carbocycles. The van der Waals surface area contributed by atoms with Crippen LogP contribution in [0.4, 0.5) is 0 Å². The van der Waals surface area contributed by atoms with Crippen molar-refractivity contribution in [3.8, 4) is 0 Å². The van der Waals surface area contributed by atoms with E-state index >= 15 is 0 Å². The minimum atomic E-state index is -2.90. The molecular weight excluding hydrogens is 164 g/mol. The number of rotatable bonds is 4. The topological polar surface area (TPSA) is 51.2 Å². The summed E-state index contributed by atoms with van der Waals surface area (Å²) in [5, 5.41) is 0. The SMILES string of the molecule is CC(=O)[C@@H](C)CCS(C)(=O)=O. The van der Waals surface area contributed by atoms with Gasteiger partial charge in [0, 0.05) is 12.2 Å². The summed E-state index contributed by atoms with van der Waals surface area (Å²) in [7, 11) is -2.90. The standard InChI is InChI=1S/C7H14O3S/c1-6(7(2)8)4-5-11(3,9)10/h6H,4-5H2,1-3H3/t6-/m0/s1. The minimum Gasteiger partial charge on any atom is -0.300 e. The molecular formula is C7H14O3S. The van der Waals surface area contributed by atoms with Crippen molar-refractivity contribution in [3.05, 3.63) is 0 Å². The molecule has 0 aromatic rings. The van der Waals surface area contributed by atoms with Crippen molar-refractivity contribution in [2.45, 2.75) is 20.3 Å². The molecule has 3 nitrogen and oxygen atoms in total. The van der Waals surface area contributed by atoms with Gasteiger partial charge in [0.1, 0.15) is 15.6 Å². The third-order valence-corrected chi connectivity index (χ3v) is 2.59. The van der Waals surface area contributed by atoms with Gasteiger partial charge in [0.05, 0.1) is 5.75 Å². The third kappa shape index (κ3) is 6.04. The van der Waals surface area contributed by atoms with Crippen LogP contribution in [0.3, 0.4) is 0 Å². The van der Waals surface area contributed by atoms with Crippen LogP contribution in [-0.4, -0.2) is 26.2 Å². The van der Waals surface area contributed by atoms with Crippen molar-refractivity contribution in [1.82, 2.24) is 0 Å². The van der Waals surface area contributed by atoms with Gasteiger partial charge in [-0.2, -0.15) is 0 Å². The van der Waals surface area contributed by atoms with E-state index in [0.29, 0.717) is 6.42 Å². The predicted octanol–water partition coefficient (Wildman–Crippen LogP) is 0.646. The average Bonchev–Trinajstić information content (AvgIpc) is 1.80. The lowest BCUT2D eigenvalue weighted by Gasteiger charge is -2.04. The van der Waals surface area contributed by atoms with Crippen molar-refractivity contribution >= 4 is 15.6 Å². The summed E-state index contributed by atoms with van der Waals surface area (Å²) in [6.45, 7) is 3.22. The Kier molecular flexibility index (Phi) is 3.72. The molecule has 0 heterocycles. The second kappa shape index (κ2) is 3.85. The van der Waals surface area contributed by atoms with Crippen LogP contribution in [0.15, 0.2) is 0 Å². The van der Waals surface area contributed by atoms with Crippen LogP contribution in [-0.2, 0) is 14.6 Å². The van der Waals surface area contributed by atoms with Crippen LogP contribution in [0, 0.1) is 5.92 Å². The molecule has 0 aromatic heterocycles. The lowest BCUT2D eigenvalue weighted by molar-refractivity contribution is -0.120. The Bertz CT molecular complexity index is 228. The van der Waals surface area contributed by atoms with Gasteiger partial charge in [0.2, 0.25) is 0 Å². The van der Waals surface area contributed by atoms with E-state index in [1.807, 2.05) is 0 Å². The van der Waals surface area contributed by atoms with Crippen LogP contribution >= 0.6 is 0 Å². The highest BCUT2D eigenvalue weighted by Crippen LogP contribution is 2.04.